The predicted molar refractivity (Wildman–Crippen MR) is 179 cm³/mol. The van der Waals surface area contributed by atoms with E-state index in [0.29, 0.717) is 26.0 Å². The van der Waals surface area contributed by atoms with Gasteiger partial charge in [-0.2, -0.15) is 0 Å². The van der Waals surface area contributed by atoms with Crippen molar-refractivity contribution in [1.29, 1.82) is 0 Å². The fraction of sp³-hybridized carbons (Fsp3) is 0.839. The molecule has 44 heavy (non-hydrogen) atoms. The Morgan fingerprint density at radius 1 is 1.00 bits per heavy atom. The van der Waals surface area contributed by atoms with Crippen LogP contribution in [-0.2, 0) is 23.8 Å². The van der Waals surface area contributed by atoms with Crippen molar-refractivity contribution in [2.45, 2.75) is 128 Å². The number of aromatic nitrogens is 2. The Balaban J connectivity index is 1.65. The summed E-state index contributed by atoms with van der Waals surface area (Å²) in [5.74, 6) is 1.97. The SMILES string of the molecule is CCCCCCCCCCCCSSCCC(=O)NCCCO[C@H]1C(n2ccc(=O)[nH]c2=O)O[C@H](CONC)[C@H]1OC(C)C. The van der Waals surface area contributed by atoms with E-state index >= 15 is 0 Å². The van der Waals surface area contributed by atoms with Crippen molar-refractivity contribution >= 4 is 27.5 Å². The first-order valence-electron chi connectivity index (χ1n) is 16.4. The molecule has 1 aliphatic heterocycles. The number of unbranched alkanes of at least 4 members (excludes halogenated alkanes) is 9. The molecule has 1 fully saturated rings. The number of hydrogen-bond acceptors (Lipinski definition) is 10. The largest absolute Gasteiger partial charge is 0.371 e. The monoisotopic (exact) mass is 660 g/mol. The number of H-pyrrole nitrogens is 1. The lowest BCUT2D eigenvalue weighted by Crippen LogP contribution is -2.42. The number of ether oxygens (including phenoxy) is 3. The van der Waals surface area contributed by atoms with Crippen LogP contribution >= 0.6 is 21.6 Å². The highest BCUT2D eigenvalue weighted by atomic mass is 33.1. The molecule has 1 saturated heterocycles. The van der Waals surface area contributed by atoms with Gasteiger partial charge < -0.3 is 19.5 Å². The number of rotatable bonds is 26. The topological polar surface area (TPSA) is 133 Å². The molecule has 0 saturated carbocycles. The molecule has 0 bridgehead atoms. The summed E-state index contributed by atoms with van der Waals surface area (Å²) in [6.45, 7) is 7.06. The molecule has 254 valence electrons. The van der Waals surface area contributed by atoms with E-state index in [2.05, 4.69) is 22.7 Å². The van der Waals surface area contributed by atoms with Gasteiger partial charge in [0.05, 0.1) is 12.7 Å². The molecule has 1 amide bonds. The molecule has 2 heterocycles. The Hall–Kier alpha value is -1.35. The molecule has 2 rings (SSSR count). The van der Waals surface area contributed by atoms with Crippen LogP contribution < -0.4 is 22.0 Å². The normalized spacial score (nSPS) is 20.0. The molecule has 13 heteroatoms. The van der Waals surface area contributed by atoms with Gasteiger partial charge in [0.15, 0.2) is 6.23 Å². The highest BCUT2D eigenvalue weighted by Crippen LogP contribution is 2.34. The van der Waals surface area contributed by atoms with Gasteiger partial charge in [-0.15, -0.1) is 0 Å². The molecule has 1 aromatic heterocycles. The number of hydroxylamine groups is 1. The van der Waals surface area contributed by atoms with Crippen molar-refractivity contribution in [3.8, 4) is 0 Å². The van der Waals surface area contributed by atoms with Crippen LogP contribution in [0.25, 0.3) is 0 Å². The Morgan fingerprint density at radius 3 is 2.34 bits per heavy atom. The molecule has 11 nitrogen and oxygen atoms in total. The second kappa shape index (κ2) is 23.9. The number of carbonyl (C=O) groups excluding carboxylic acids is 1. The third-order valence-corrected chi connectivity index (χ3v) is 9.76. The highest BCUT2D eigenvalue weighted by Gasteiger charge is 2.48. The summed E-state index contributed by atoms with van der Waals surface area (Å²) < 4.78 is 19.8. The zero-order chi connectivity index (χ0) is 32.0. The minimum atomic E-state index is -0.821. The maximum Gasteiger partial charge on any atom is 0.330 e. The van der Waals surface area contributed by atoms with Gasteiger partial charge in [0.2, 0.25) is 5.91 Å². The van der Waals surface area contributed by atoms with Crippen LogP contribution in [0.2, 0.25) is 0 Å². The molecule has 1 aromatic rings. The van der Waals surface area contributed by atoms with Crippen LogP contribution in [0.1, 0.15) is 104 Å². The second-order valence-corrected chi connectivity index (χ2v) is 14.1. The summed E-state index contributed by atoms with van der Waals surface area (Å²) in [6.07, 6.45) is 13.3. The molecule has 1 aliphatic rings. The van der Waals surface area contributed by atoms with Crippen molar-refractivity contribution in [3.05, 3.63) is 33.1 Å². The van der Waals surface area contributed by atoms with Crippen molar-refractivity contribution in [1.82, 2.24) is 20.3 Å². The van der Waals surface area contributed by atoms with Gasteiger partial charge in [-0.3, -0.25) is 24.0 Å². The number of aromatic amines is 1. The molecule has 0 radical (unpaired) electrons. The highest BCUT2D eigenvalue weighted by molar-refractivity contribution is 8.76. The lowest BCUT2D eigenvalue weighted by molar-refractivity contribution is -0.121. The summed E-state index contributed by atoms with van der Waals surface area (Å²) in [5, 5.41) is 2.97. The predicted octanol–water partition coefficient (Wildman–Crippen LogP) is 4.96. The molecular weight excluding hydrogens is 604 g/mol. The summed E-state index contributed by atoms with van der Waals surface area (Å²) in [5.41, 5.74) is 1.55. The third kappa shape index (κ3) is 15.8. The van der Waals surface area contributed by atoms with E-state index in [1.807, 2.05) is 24.6 Å². The van der Waals surface area contributed by atoms with Crippen LogP contribution in [0.4, 0.5) is 0 Å². The number of amides is 1. The molecule has 0 spiro atoms. The summed E-state index contributed by atoms with van der Waals surface area (Å²) in [6, 6.07) is 1.27. The van der Waals surface area contributed by atoms with Gasteiger partial charge in [-0.05, 0) is 26.7 Å². The van der Waals surface area contributed by atoms with E-state index in [4.69, 9.17) is 19.0 Å². The maximum absolute atomic E-state index is 12.6. The van der Waals surface area contributed by atoms with Crippen LogP contribution in [0.5, 0.6) is 0 Å². The first-order chi connectivity index (χ1) is 21.4. The van der Waals surface area contributed by atoms with E-state index in [1.165, 1.54) is 81.0 Å². The summed E-state index contributed by atoms with van der Waals surface area (Å²) >= 11 is 0. The van der Waals surface area contributed by atoms with E-state index in [9.17, 15) is 14.4 Å². The smallest absolute Gasteiger partial charge is 0.330 e. The van der Waals surface area contributed by atoms with Crippen molar-refractivity contribution < 1.29 is 23.8 Å². The summed E-state index contributed by atoms with van der Waals surface area (Å²) in [4.78, 5) is 44.1. The number of nitrogens with zero attached hydrogens (tertiary/aromatic N) is 1. The molecule has 0 aromatic carbocycles. The van der Waals surface area contributed by atoms with Crippen molar-refractivity contribution in [2.75, 3.05) is 38.3 Å². The minimum Gasteiger partial charge on any atom is -0.371 e. The molecule has 0 aliphatic carbocycles. The molecular formula is C31H56N4O7S2. The van der Waals surface area contributed by atoms with Gasteiger partial charge in [0.1, 0.15) is 18.3 Å². The van der Waals surface area contributed by atoms with Gasteiger partial charge in [-0.1, -0.05) is 86.3 Å². The van der Waals surface area contributed by atoms with Gasteiger partial charge in [0, 0.05) is 50.4 Å². The standard InChI is InChI=1S/C31H56N4O7S2/c1-5-6-7-8-9-10-11-12-13-14-21-43-44-22-17-26(36)33-18-15-20-39-29-28(41-24(2)3)25(23-40-32-4)42-30(29)35-19-16-27(37)34-31(35)38/h16,19,24-25,28-30,32H,5-15,17-18,20-23H2,1-4H3,(H,33,36)(H,34,37,38)/t25-,28-,29-,30?/m1/s1. The molecule has 3 N–H and O–H groups in total. The van der Waals surface area contributed by atoms with E-state index in [1.54, 1.807) is 17.8 Å². The van der Waals surface area contributed by atoms with Crippen molar-refractivity contribution in [2.24, 2.45) is 0 Å². The number of carbonyl (C=O) groups is 1. The lowest BCUT2D eigenvalue weighted by atomic mass is 10.1. The quantitative estimate of drug-likeness (QED) is 0.0712. The molecule has 1 unspecified atom stereocenters. The Bertz CT molecular complexity index is 1010. The number of nitrogens with one attached hydrogen (secondary N) is 3. The van der Waals surface area contributed by atoms with E-state index in [-0.39, 0.29) is 18.6 Å². The Kier molecular flexibility index (Phi) is 21.1. The van der Waals surface area contributed by atoms with E-state index in [0.717, 1.165) is 11.5 Å². The average Bonchev–Trinajstić information content (AvgIpc) is 3.31. The average molecular weight is 661 g/mol. The fourth-order valence-electron chi connectivity index (χ4n) is 5.02. The second-order valence-electron chi connectivity index (χ2n) is 11.4. The Labute approximate surface area is 271 Å². The first kappa shape index (κ1) is 38.8. The zero-order valence-corrected chi connectivity index (χ0v) is 28.8. The van der Waals surface area contributed by atoms with Gasteiger partial charge in [-0.25, -0.2) is 10.3 Å². The zero-order valence-electron chi connectivity index (χ0n) is 27.2. The van der Waals surface area contributed by atoms with Crippen LogP contribution in [0, 0.1) is 0 Å². The van der Waals surface area contributed by atoms with Crippen LogP contribution in [0.15, 0.2) is 21.9 Å². The lowest BCUT2D eigenvalue weighted by Gasteiger charge is -2.26. The fourth-order valence-corrected chi connectivity index (χ4v) is 7.16. The first-order valence-corrected chi connectivity index (χ1v) is 18.9. The van der Waals surface area contributed by atoms with Crippen LogP contribution in [-0.4, -0.2) is 78.2 Å². The van der Waals surface area contributed by atoms with E-state index < -0.39 is 35.8 Å². The van der Waals surface area contributed by atoms with Gasteiger partial charge in [0.25, 0.3) is 5.56 Å². The van der Waals surface area contributed by atoms with Crippen LogP contribution in [0.3, 0.4) is 0 Å². The third-order valence-electron chi connectivity index (χ3n) is 7.26. The minimum absolute atomic E-state index is 0.0317. The summed E-state index contributed by atoms with van der Waals surface area (Å²) in [7, 11) is 5.28. The maximum atomic E-state index is 12.6. The number of hydrogen-bond donors (Lipinski definition) is 3. The van der Waals surface area contributed by atoms with Gasteiger partial charge >= 0.3 is 5.69 Å². The van der Waals surface area contributed by atoms with Crippen molar-refractivity contribution in [3.63, 3.8) is 0 Å². The Morgan fingerprint density at radius 2 is 1.68 bits per heavy atom. The molecule has 4 atom stereocenters.